The van der Waals surface area contributed by atoms with Gasteiger partial charge in [-0.05, 0) is 72.8 Å². The van der Waals surface area contributed by atoms with Crippen molar-refractivity contribution in [1.29, 1.82) is 0 Å². The third-order valence-corrected chi connectivity index (χ3v) is 7.21. The molecule has 0 radical (unpaired) electrons. The average molecular weight is 625 g/mol. The molecule has 0 unspecified atom stereocenters. The molecule has 0 saturated heterocycles. The Kier molecular flexibility index (Phi) is 11.4. The number of thioether (sulfide) groups is 1. The van der Waals surface area contributed by atoms with Crippen molar-refractivity contribution in [3.8, 4) is 11.5 Å². The van der Waals surface area contributed by atoms with Gasteiger partial charge in [0, 0.05) is 46.1 Å². The molecule has 0 fully saturated rings. The van der Waals surface area contributed by atoms with Crippen molar-refractivity contribution in [2.75, 3.05) is 35.9 Å². The molecule has 4 N–H and O–H groups in total. The van der Waals surface area contributed by atoms with Gasteiger partial charge < -0.3 is 30.7 Å². The summed E-state index contributed by atoms with van der Waals surface area (Å²) in [6.45, 7) is 1.42. The van der Waals surface area contributed by atoms with Crippen molar-refractivity contribution in [3.63, 3.8) is 0 Å². The van der Waals surface area contributed by atoms with Crippen LogP contribution in [0, 0.1) is 0 Å². The molecule has 0 atom stereocenters. The van der Waals surface area contributed by atoms with E-state index in [1.165, 1.54) is 39.0 Å². The van der Waals surface area contributed by atoms with Gasteiger partial charge in [-0.15, -0.1) is 11.8 Å². The minimum atomic E-state index is -0.556. The molecule has 0 saturated carbocycles. The van der Waals surface area contributed by atoms with Crippen LogP contribution >= 0.6 is 11.8 Å². The van der Waals surface area contributed by atoms with Crippen molar-refractivity contribution < 1.29 is 28.7 Å². The highest BCUT2D eigenvalue weighted by Crippen LogP contribution is 2.27. The Hall–Kier alpha value is -5.55. The fraction of sp³-hybridized carbons (Fsp3) is 0.118. The van der Waals surface area contributed by atoms with Crippen LogP contribution in [0.25, 0.3) is 6.08 Å². The molecule has 0 bridgehead atoms. The van der Waals surface area contributed by atoms with E-state index in [0.717, 1.165) is 4.90 Å². The molecule has 0 aliphatic rings. The van der Waals surface area contributed by atoms with Gasteiger partial charge in [-0.3, -0.25) is 19.2 Å². The molecule has 230 valence electrons. The summed E-state index contributed by atoms with van der Waals surface area (Å²) in [7, 11) is 3.04. The smallest absolute Gasteiger partial charge is 0.272 e. The second-order valence-corrected chi connectivity index (χ2v) is 10.6. The van der Waals surface area contributed by atoms with Gasteiger partial charge in [0.2, 0.25) is 11.8 Å². The number of anilines is 3. The lowest BCUT2D eigenvalue weighted by atomic mass is 10.1. The molecular formula is C34H32N4O6S. The van der Waals surface area contributed by atoms with Crippen LogP contribution in [0.3, 0.4) is 0 Å². The van der Waals surface area contributed by atoms with Gasteiger partial charge in [0.15, 0.2) is 0 Å². The van der Waals surface area contributed by atoms with E-state index in [-0.39, 0.29) is 23.3 Å². The quantitative estimate of drug-likeness (QED) is 0.116. The summed E-state index contributed by atoms with van der Waals surface area (Å²) in [5, 5.41) is 11.0. The zero-order chi connectivity index (χ0) is 32.2. The van der Waals surface area contributed by atoms with E-state index in [4.69, 9.17) is 9.47 Å². The molecule has 4 rings (SSSR count). The van der Waals surface area contributed by atoms with Gasteiger partial charge in [-0.25, -0.2) is 0 Å². The number of carbonyl (C=O) groups is 4. The van der Waals surface area contributed by atoms with Crippen LogP contribution in [0.2, 0.25) is 0 Å². The standard InChI is InChI=1S/C34H32N4O6S/c1-22(39)35-25-13-15-26(16-14-25)36-32(40)21-45-29-11-7-10-27(19-29)37-34(42)30(38-33(41)23-8-5-4-6-9-23)18-24-12-17-28(43-2)20-31(24)44-3/h4-20H,21H2,1-3H3,(H,35,39)(H,36,40)(H,37,42)(H,38,41)/b30-18+. The number of nitrogens with one attached hydrogen (secondary N) is 4. The van der Waals surface area contributed by atoms with Gasteiger partial charge in [-0.1, -0.05) is 24.3 Å². The number of amides is 4. The Morgan fingerprint density at radius 1 is 0.733 bits per heavy atom. The molecule has 11 heteroatoms. The predicted molar refractivity (Wildman–Crippen MR) is 177 cm³/mol. The molecule has 4 aromatic rings. The highest BCUT2D eigenvalue weighted by Gasteiger charge is 2.17. The van der Waals surface area contributed by atoms with Crippen LogP contribution in [-0.4, -0.2) is 43.6 Å². The van der Waals surface area contributed by atoms with E-state index >= 15 is 0 Å². The van der Waals surface area contributed by atoms with Crippen LogP contribution in [0.1, 0.15) is 22.8 Å². The molecule has 10 nitrogen and oxygen atoms in total. The Balaban J connectivity index is 1.46. The van der Waals surface area contributed by atoms with Crippen LogP contribution < -0.4 is 30.7 Å². The summed E-state index contributed by atoms with van der Waals surface area (Å²) in [6.07, 6.45) is 1.53. The normalized spacial score (nSPS) is 10.8. The highest BCUT2D eigenvalue weighted by atomic mass is 32.2. The van der Waals surface area contributed by atoms with Crippen molar-refractivity contribution in [3.05, 3.63) is 114 Å². The fourth-order valence-electron chi connectivity index (χ4n) is 4.08. The first-order chi connectivity index (χ1) is 21.7. The molecule has 4 aromatic carbocycles. The maximum Gasteiger partial charge on any atom is 0.272 e. The Morgan fingerprint density at radius 3 is 2.11 bits per heavy atom. The number of carbonyl (C=O) groups excluding carboxylic acids is 4. The number of methoxy groups -OCH3 is 2. The molecule has 4 amide bonds. The van der Waals surface area contributed by atoms with E-state index in [1.807, 2.05) is 6.07 Å². The molecule has 45 heavy (non-hydrogen) atoms. The molecule has 0 spiro atoms. The Labute approximate surface area is 265 Å². The summed E-state index contributed by atoms with van der Waals surface area (Å²) in [6, 6.07) is 27.5. The largest absolute Gasteiger partial charge is 0.497 e. The highest BCUT2D eigenvalue weighted by molar-refractivity contribution is 8.00. The van der Waals surface area contributed by atoms with E-state index in [9.17, 15) is 19.2 Å². The summed E-state index contributed by atoms with van der Waals surface area (Å²) in [5.74, 6) is -0.253. The van der Waals surface area contributed by atoms with E-state index < -0.39 is 11.8 Å². The first-order valence-corrected chi connectivity index (χ1v) is 14.7. The molecule has 0 aliphatic heterocycles. The minimum Gasteiger partial charge on any atom is -0.497 e. The topological polar surface area (TPSA) is 135 Å². The second kappa shape index (κ2) is 15.8. The van der Waals surface area contributed by atoms with E-state index in [0.29, 0.717) is 39.7 Å². The van der Waals surface area contributed by atoms with Crippen molar-refractivity contribution in [2.45, 2.75) is 11.8 Å². The number of ether oxygens (including phenoxy) is 2. The third-order valence-electron chi connectivity index (χ3n) is 6.22. The van der Waals surface area contributed by atoms with Gasteiger partial charge in [-0.2, -0.15) is 0 Å². The second-order valence-electron chi connectivity index (χ2n) is 9.56. The third kappa shape index (κ3) is 9.73. The van der Waals surface area contributed by atoms with Gasteiger partial charge in [0.25, 0.3) is 11.8 Å². The first-order valence-electron chi connectivity index (χ1n) is 13.8. The van der Waals surface area contributed by atoms with Crippen molar-refractivity contribution in [2.24, 2.45) is 0 Å². The number of hydrogen-bond acceptors (Lipinski definition) is 7. The lowest BCUT2D eigenvalue weighted by Crippen LogP contribution is -2.30. The summed E-state index contributed by atoms with van der Waals surface area (Å²) >= 11 is 1.29. The van der Waals surface area contributed by atoms with Gasteiger partial charge in [0.05, 0.1) is 20.0 Å². The lowest BCUT2D eigenvalue weighted by Gasteiger charge is -2.13. The van der Waals surface area contributed by atoms with Crippen LogP contribution in [0.5, 0.6) is 11.5 Å². The summed E-state index contributed by atoms with van der Waals surface area (Å²) in [5.41, 5.74) is 2.64. The average Bonchev–Trinajstić information content (AvgIpc) is 3.04. The monoisotopic (exact) mass is 624 g/mol. The van der Waals surface area contributed by atoms with Crippen LogP contribution in [-0.2, 0) is 14.4 Å². The SMILES string of the molecule is COc1ccc(/C=C(/NC(=O)c2ccccc2)C(=O)Nc2cccc(SCC(=O)Nc3ccc(NC(C)=O)cc3)c2)c(OC)c1. The van der Waals surface area contributed by atoms with E-state index in [2.05, 4.69) is 21.3 Å². The lowest BCUT2D eigenvalue weighted by molar-refractivity contribution is -0.114. The molecule has 0 heterocycles. The van der Waals surface area contributed by atoms with Gasteiger partial charge in [0.1, 0.15) is 17.2 Å². The molecular weight excluding hydrogens is 592 g/mol. The van der Waals surface area contributed by atoms with Crippen LogP contribution in [0.4, 0.5) is 17.1 Å². The van der Waals surface area contributed by atoms with Gasteiger partial charge >= 0.3 is 0 Å². The number of benzene rings is 4. The predicted octanol–water partition coefficient (Wildman–Crippen LogP) is 5.80. The maximum absolute atomic E-state index is 13.5. The van der Waals surface area contributed by atoms with E-state index in [1.54, 1.807) is 91.0 Å². The number of hydrogen-bond donors (Lipinski definition) is 4. The fourth-order valence-corrected chi connectivity index (χ4v) is 4.84. The van der Waals surface area contributed by atoms with Crippen molar-refractivity contribution >= 4 is 58.5 Å². The Bertz CT molecular complexity index is 1710. The first kappa shape index (κ1) is 32.4. The summed E-state index contributed by atoms with van der Waals surface area (Å²) < 4.78 is 10.7. The van der Waals surface area contributed by atoms with Crippen molar-refractivity contribution in [1.82, 2.24) is 5.32 Å². The minimum absolute atomic E-state index is 0.00530. The van der Waals surface area contributed by atoms with Crippen LogP contribution in [0.15, 0.2) is 108 Å². The Morgan fingerprint density at radius 2 is 1.44 bits per heavy atom. The summed E-state index contributed by atoms with van der Waals surface area (Å²) in [4.78, 5) is 51.0. The number of rotatable bonds is 12. The zero-order valence-electron chi connectivity index (χ0n) is 24.9. The molecule has 0 aromatic heterocycles. The zero-order valence-corrected chi connectivity index (χ0v) is 25.7. The maximum atomic E-state index is 13.5. The molecule has 0 aliphatic carbocycles.